The lowest BCUT2D eigenvalue weighted by Gasteiger charge is -2.20. The molecule has 24 nitrogen and oxygen atoms in total. The van der Waals surface area contributed by atoms with Crippen LogP contribution in [0.4, 0.5) is 19.0 Å². The number of aliphatic hydroxyl groups is 2. The highest BCUT2D eigenvalue weighted by Gasteiger charge is 2.45. The number of ether oxygens (including phenoxy) is 5. The highest BCUT2D eigenvalue weighted by molar-refractivity contribution is 6.63. The van der Waals surface area contributed by atoms with Gasteiger partial charge in [0.05, 0.1) is 54.7 Å². The van der Waals surface area contributed by atoms with Crippen LogP contribution in [-0.2, 0) is 65.3 Å². The number of esters is 2. The lowest BCUT2D eigenvalue weighted by molar-refractivity contribution is -0.150. The number of aliphatic hydroxyl groups excluding tert-OH is 2. The molecule has 95 heavy (non-hydrogen) atoms. The van der Waals surface area contributed by atoms with Crippen LogP contribution in [0.2, 0.25) is 0 Å². The normalized spacial score (nSPS) is 22.8. The lowest BCUT2D eigenvalue weighted by atomic mass is 9.91. The number of Topliss-reactive ketones (excluding diaryl/α,β-unsaturated/α-hetero) is 2. The van der Waals surface area contributed by atoms with Gasteiger partial charge in [-0.05, 0) is 83.7 Å². The number of carboxylic acid groups (broad SMARTS) is 1. The molecule has 538 valence electrons. The average Bonchev–Trinajstić information content (AvgIpc) is 1.70. The molecule has 3 aromatic rings. The van der Waals surface area contributed by atoms with Gasteiger partial charge in [0.25, 0.3) is 0 Å². The number of halogens is 4. The minimum atomic E-state index is -1.37. The molecule has 3 aliphatic heterocycles. The zero-order valence-corrected chi connectivity index (χ0v) is 58.8. The van der Waals surface area contributed by atoms with E-state index >= 15 is 0 Å². The number of hydrogen-bond donors (Lipinski definition) is 4. The Morgan fingerprint density at radius 2 is 0.811 bits per heavy atom. The van der Waals surface area contributed by atoms with Crippen LogP contribution in [-0.4, -0.2) is 121 Å². The fourth-order valence-electron chi connectivity index (χ4n) is 11.8. The van der Waals surface area contributed by atoms with E-state index in [4.69, 9.17) is 46.1 Å². The van der Waals surface area contributed by atoms with Crippen molar-refractivity contribution in [1.82, 2.24) is 28.7 Å². The number of nitrogens with two attached hydrogens (primary N) is 1. The molecule has 0 saturated carbocycles. The fraction of sp³-hybridized carbons (Fsp3) is 0.731. The Labute approximate surface area is 560 Å². The summed E-state index contributed by atoms with van der Waals surface area (Å²) in [6.45, 7) is 27.3. The molecular formula is C67H105ClF3N7O17. The number of aromatic nitrogens is 6. The molecule has 0 amide bonds. The van der Waals surface area contributed by atoms with Gasteiger partial charge in [-0.3, -0.25) is 42.5 Å². The van der Waals surface area contributed by atoms with Gasteiger partial charge in [0.15, 0.2) is 29.5 Å². The molecule has 6 rings (SSSR count). The number of anilines is 1. The molecule has 0 aliphatic carbocycles. The number of hydrogen-bond acceptors (Lipinski definition) is 20. The molecule has 0 unspecified atom stereocenters. The van der Waals surface area contributed by atoms with E-state index in [2.05, 4.69) is 28.8 Å². The molecule has 3 aliphatic rings. The standard InChI is InChI=1S/C21H31FN2O5.C18H27FN2O5.C12H16FN3O4.C8H15ClO.C8H16O2/c1-6-8-15(9-7-2)18(26)10-17-16(22)11-24(21(27)23-17)20-12(3)19(13(4)28-20)29-14(5)25;1-4-6-11(7-5-2)14(22)8-13-12(19)9-21(18(25)20-13)17-16(24)15(23)10(3)26-17;1-5-9(20-7(3)17)6(2)19-11(5)16-4-8(13)10(14)15-12(16)18;2*1-3-5-7(6-4-2)8(9)10/h11-13,15,19-20H,6-10H2,1-5H3;9-11,15-17,23-24H,4-8H2,1-3H3;4-6,9,11H,1-3H3,(H2,14,15,18);7H,3-6H2,1-2H3;7H,3-6H2,1-2H3,(H,9,10)/t12-,13-,19+,20-;10-,15-,16-,17-;5-,6-,9+,11-;;/m111../s1. The first-order chi connectivity index (χ1) is 44.7. The van der Waals surface area contributed by atoms with Crippen molar-refractivity contribution in [1.29, 1.82) is 0 Å². The lowest BCUT2D eigenvalue weighted by Crippen LogP contribution is -2.36. The van der Waals surface area contributed by atoms with Crippen molar-refractivity contribution >= 4 is 52.1 Å². The van der Waals surface area contributed by atoms with Crippen molar-refractivity contribution in [2.75, 3.05) is 5.73 Å². The number of rotatable bonds is 29. The molecule has 3 fully saturated rings. The maximum absolute atomic E-state index is 14.7. The van der Waals surface area contributed by atoms with Crippen LogP contribution in [0.3, 0.4) is 0 Å². The molecule has 0 bridgehead atoms. The minimum Gasteiger partial charge on any atom is -0.481 e. The summed E-state index contributed by atoms with van der Waals surface area (Å²) in [6, 6.07) is 0. The molecule has 12 atom stereocenters. The Kier molecular flexibility index (Phi) is 37.9. The Balaban J connectivity index is 0.000000428. The molecule has 28 heteroatoms. The third-order valence-electron chi connectivity index (χ3n) is 16.7. The quantitative estimate of drug-likeness (QED) is 0.0371. The second kappa shape index (κ2) is 42.4. The number of nitrogen functional groups attached to an aromatic ring is 1. The second-order valence-corrected chi connectivity index (χ2v) is 25.1. The van der Waals surface area contributed by atoms with Crippen molar-refractivity contribution in [2.45, 2.75) is 281 Å². The molecule has 0 aromatic carbocycles. The van der Waals surface area contributed by atoms with Gasteiger partial charge in [-0.2, -0.15) is 15.0 Å². The van der Waals surface area contributed by atoms with Gasteiger partial charge in [0.2, 0.25) is 5.24 Å². The highest BCUT2D eigenvalue weighted by Crippen LogP contribution is 2.37. The first kappa shape index (κ1) is 84.8. The first-order valence-corrected chi connectivity index (χ1v) is 33.8. The van der Waals surface area contributed by atoms with Gasteiger partial charge in [0, 0.05) is 55.8 Å². The number of ketones is 2. The zero-order valence-electron chi connectivity index (χ0n) is 58.0. The summed E-state index contributed by atoms with van der Waals surface area (Å²) in [4.78, 5) is 116. The van der Waals surface area contributed by atoms with Gasteiger partial charge in [-0.1, -0.05) is 121 Å². The van der Waals surface area contributed by atoms with Gasteiger partial charge in [0.1, 0.15) is 48.4 Å². The van der Waals surface area contributed by atoms with Crippen molar-refractivity contribution in [3.63, 3.8) is 0 Å². The summed E-state index contributed by atoms with van der Waals surface area (Å²) in [5, 5.41) is 28.2. The number of nitrogens with zero attached hydrogens (tertiary/aromatic N) is 6. The minimum absolute atomic E-state index is 0.0914. The van der Waals surface area contributed by atoms with E-state index in [0.29, 0.717) is 0 Å². The van der Waals surface area contributed by atoms with Crippen LogP contribution in [0, 0.1) is 53.0 Å². The average molecular weight is 1370 g/mol. The SMILES string of the molecule is CC(=O)O[C@H]1[C@@H](C)[C@H](n2cc(F)c(N)nc2=O)O[C@@H]1C.CCCC(CCC)C(=O)Cc1nc(=O)n([C@@H]2O[C@H](C)[C@@H](O)[C@H]2O)cc1F.CCCC(CCC)C(=O)Cc1nc(=O)n([C@@H]2O[C@H](C)[C@@H](OC(C)=O)[C@H]2C)cc1F.CCCC(CCC)C(=O)Cl.CCCC(CCC)C(=O)O. The fourth-order valence-corrected chi connectivity index (χ4v) is 12.0. The predicted octanol–water partition coefficient (Wildman–Crippen LogP) is 10.3. The molecule has 0 spiro atoms. The van der Waals surface area contributed by atoms with Crippen LogP contribution in [0.5, 0.6) is 0 Å². The van der Waals surface area contributed by atoms with Gasteiger partial charge in [-0.25, -0.2) is 27.6 Å². The summed E-state index contributed by atoms with van der Waals surface area (Å²) in [6.07, 6.45) is 8.44. The molecule has 0 radical (unpaired) electrons. The second-order valence-electron chi connectivity index (χ2n) is 24.7. The predicted molar refractivity (Wildman–Crippen MR) is 349 cm³/mol. The molecule has 6 heterocycles. The van der Waals surface area contributed by atoms with E-state index in [0.717, 1.165) is 135 Å². The smallest absolute Gasteiger partial charge is 0.351 e. The number of carboxylic acids is 1. The molecular weight excluding hydrogens is 1270 g/mol. The van der Waals surface area contributed by atoms with E-state index in [9.17, 15) is 66.5 Å². The van der Waals surface area contributed by atoms with E-state index in [1.54, 1.807) is 27.7 Å². The maximum atomic E-state index is 14.7. The summed E-state index contributed by atoms with van der Waals surface area (Å²) in [5.74, 6) is -5.51. The van der Waals surface area contributed by atoms with E-state index in [1.165, 1.54) is 20.8 Å². The summed E-state index contributed by atoms with van der Waals surface area (Å²) in [7, 11) is 0. The monoisotopic (exact) mass is 1370 g/mol. The highest BCUT2D eigenvalue weighted by atomic mass is 35.5. The summed E-state index contributed by atoms with van der Waals surface area (Å²) in [5.41, 5.74) is 2.67. The Morgan fingerprint density at radius 3 is 1.12 bits per heavy atom. The van der Waals surface area contributed by atoms with Crippen LogP contribution < -0.4 is 22.8 Å². The first-order valence-electron chi connectivity index (χ1n) is 33.5. The third kappa shape index (κ3) is 25.9. The van der Waals surface area contributed by atoms with E-state index in [-0.39, 0.29) is 76.5 Å². The van der Waals surface area contributed by atoms with Crippen molar-refractivity contribution in [2.24, 2.45) is 35.5 Å². The Hall–Kier alpha value is -6.26. The van der Waals surface area contributed by atoms with Crippen molar-refractivity contribution < 1.29 is 80.9 Å². The maximum Gasteiger partial charge on any atom is 0.351 e. The number of carbonyl (C=O) groups excluding carboxylic acids is 5. The van der Waals surface area contributed by atoms with Gasteiger partial charge >= 0.3 is 35.0 Å². The Bertz CT molecular complexity index is 3070. The largest absolute Gasteiger partial charge is 0.481 e. The molecule has 3 aromatic heterocycles. The molecule has 5 N–H and O–H groups in total. The van der Waals surface area contributed by atoms with E-state index < -0.39 is 120 Å². The number of carbonyl (C=O) groups is 6. The zero-order chi connectivity index (χ0) is 72.1. The third-order valence-corrected chi connectivity index (χ3v) is 17.0. The van der Waals surface area contributed by atoms with E-state index in [1.807, 2.05) is 41.5 Å². The van der Waals surface area contributed by atoms with Crippen molar-refractivity contribution in [3.8, 4) is 0 Å². The Morgan fingerprint density at radius 1 is 0.505 bits per heavy atom. The van der Waals surface area contributed by atoms with Crippen molar-refractivity contribution in [3.05, 3.63) is 78.9 Å². The van der Waals surface area contributed by atoms with Crippen LogP contribution in [0.15, 0.2) is 33.0 Å². The van der Waals surface area contributed by atoms with Gasteiger partial charge < -0.3 is 44.7 Å². The molecule has 3 saturated heterocycles. The summed E-state index contributed by atoms with van der Waals surface area (Å²) >= 11 is 5.36. The van der Waals surface area contributed by atoms with Crippen LogP contribution in [0.25, 0.3) is 0 Å². The topological polar surface area (TPSA) is 340 Å². The summed E-state index contributed by atoms with van der Waals surface area (Å²) < 4.78 is 72.6. The number of aliphatic carboxylic acids is 1. The van der Waals surface area contributed by atoms with Crippen LogP contribution >= 0.6 is 11.6 Å². The van der Waals surface area contributed by atoms with Crippen LogP contribution in [0.1, 0.15) is 237 Å². The van der Waals surface area contributed by atoms with Gasteiger partial charge in [-0.15, -0.1) is 0 Å².